The molecule has 2 fully saturated rings. The van der Waals surface area contributed by atoms with Crippen molar-refractivity contribution in [2.45, 2.75) is 37.5 Å². The number of aromatic nitrogens is 1. The Balaban J connectivity index is 1.21. The van der Waals surface area contributed by atoms with Gasteiger partial charge in [0.2, 0.25) is 0 Å². The highest BCUT2D eigenvalue weighted by atomic mass is 16.5. The Morgan fingerprint density at radius 3 is 2.56 bits per heavy atom. The van der Waals surface area contributed by atoms with Crippen LogP contribution in [0.2, 0.25) is 0 Å². The maximum atomic E-state index is 14.0. The van der Waals surface area contributed by atoms with Gasteiger partial charge in [-0.3, -0.25) is 14.5 Å². The molecule has 4 heterocycles. The van der Waals surface area contributed by atoms with Crippen molar-refractivity contribution in [1.82, 2.24) is 15.2 Å². The predicted molar refractivity (Wildman–Crippen MR) is 153 cm³/mol. The summed E-state index contributed by atoms with van der Waals surface area (Å²) in [6.45, 7) is 1.19. The molecule has 4 aromatic rings. The number of ether oxygens (including phenoxy) is 2. The first-order valence-electron chi connectivity index (χ1n) is 13.9. The normalized spacial score (nSPS) is 21.7. The summed E-state index contributed by atoms with van der Waals surface area (Å²) >= 11 is 0. The van der Waals surface area contributed by atoms with Gasteiger partial charge in [-0.05, 0) is 66.4 Å². The fraction of sp³-hybridized carbons (Fsp3) is 0.281. The molecule has 9 heteroatoms. The number of aromatic amines is 1. The number of carbonyl (C=O) groups excluding carboxylic acids is 3. The summed E-state index contributed by atoms with van der Waals surface area (Å²) in [7, 11) is 1.61. The van der Waals surface area contributed by atoms with Gasteiger partial charge in [0.1, 0.15) is 17.8 Å². The molecule has 2 N–H and O–H groups in total. The van der Waals surface area contributed by atoms with Gasteiger partial charge in [-0.1, -0.05) is 30.3 Å². The summed E-state index contributed by atoms with van der Waals surface area (Å²) in [4.78, 5) is 47.1. The van der Waals surface area contributed by atoms with Crippen LogP contribution >= 0.6 is 0 Å². The van der Waals surface area contributed by atoms with E-state index in [0.29, 0.717) is 30.0 Å². The first-order chi connectivity index (χ1) is 20.0. The summed E-state index contributed by atoms with van der Waals surface area (Å²) in [6.07, 6.45) is 2.40. The number of benzene rings is 3. The number of nitrogens with zero attached hydrogens (tertiary/aromatic N) is 2. The van der Waals surface area contributed by atoms with Crippen molar-refractivity contribution in [3.63, 3.8) is 0 Å². The maximum Gasteiger partial charge on any atom is 0.332 e. The molecule has 7 rings (SSSR count). The third kappa shape index (κ3) is 4.24. The molecule has 3 aliphatic heterocycles. The Labute approximate surface area is 237 Å². The SMILES string of the molecule is COc1ccc([C@H]2c3[nH]c4ccccc4c3C[C@H]3C(=O)N(c4ccc(C(=O)NC[C@H]5CCCO5)cc4)C(=O)N23)cc1. The number of anilines is 1. The summed E-state index contributed by atoms with van der Waals surface area (Å²) < 4.78 is 10.9. The summed E-state index contributed by atoms with van der Waals surface area (Å²) in [5.74, 6) is 0.219. The third-order valence-electron chi connectivity index (χ3n) is 8.38. The van der Waals surface area contributed by atoms with Crippen molar-refractivity contribution >= 4 is 34.4 Å². The van der Waals surface area contributed by atoms with Crippen molar-refractivity contribution in [1.29, 1.82) is 0 Å². The molecule has 3 aromatic carbocycles. The second-order valence-corrected chi connectivity index (χ2v) is 10.7. The number of nitrogens with one attached hydrogen (secondary N) is 2. The van der Waals surface area contributed by atoms with Gasteiger partial charge in [0.15, 0.2) is 0 Å². The van der Waals surface area contributed by atoms with E-state index in [2.05, 4.69) is 10.3 Å². The van der Waals surface area contributed by atoms with Crippen LogP contribution in [0.1, 0.15) is 46.1 Å². The van der Waals surface area contributed by atoms with E-state index in [1.165, 1.54) is 4.90 Å². The van der Waals surface area contributed by atoms with Gasteiger partial charge in [-0.2, -0.15) is 0 Å². The van der Waals surface area contributed by atoms with Crippen LogP contribution in [0.5, 0.6) is 5.75 Å². The Kier molecular flexibility index (Phi) is 6.23. The highest BCUT2D eigenvalue weighted by Gasteiger charge is 2.53. The average molecular weight is 551 g/mol. The molecule has 9 nitrogen and oxygen atoms in total. The van der Waals surface area contributed by atoms with E-state index in [0.717, 1.165) is 47.2 Å². The number of rotatable bonds is 6. The quantitative estimate of drug-likeness (QED) is 0.343. The number of hydrogen-bond acceptors (Lipinski definition) is 5. The lowest BCUT2D eigenvalue weighted by Crippen LogP contribution is -2.44. The number of fused-ring (bicyclic) bond motifs is 4. The summed E-state index contributed by atoms with van der Waals surface area (Å²) in [5, 5.41) is 3.96. The molecule has 0 saturated carbocycles. The molecule has 41 heavy (non-hydrogen) atoms. The number of urea groups is 1. The fourth-order valence-electron chi connectivity index (χ4n) is 6.32. The van der Waals surface area contributed by atoms with Crippen molar-refractivity contribution in [3.8, 4) is 5.75 Å². The van der Waals surface area contributed by atoms with E-state index in [1.807, 2.05) is 48.5 Å². The molecule has 4 amide bonds. The van der Waals surface area contributed by atoms with Crippen molar-refractivity contribution < 1.29 is 23.9 Å². The Morgan fingerprint density at radius 2 is 1.83 bits per heavy atom. The molecular formula is C32H30N4O5. The van der Waals surface area contributed by atoms with E-state index in [1.54, 1.807) is 36.3 Å². The zero-order valence-electron chi connectivity index (χ0n) is 22.6. The van der Waals surface area contributed by atoms with E-state index < -0.39 is 12.1 Å². The van der Waals surface area contributed by atoms with Gasteiger partial charge in [0.05, 0.1) is 18.9 Å². The van der Waals surface area contributed by atoms with Gasteiger partial charge in [-0.25, -0.2) is 9.69 Å². The lowest BCUT2D eigenvalue weighted by atomic mass is 9.89. The minimum Gasteiger partial charge on any atom is -0.497 e. The number of carbonyl (C=O) groups is 3. The molecule has 0 spiro atoms. The molecule has 1 aromatic heterocycles. The molecule has 0 radical (unpaired) electrons. The van der Waals surface area contributed by atoms with Crippen LogP contribution in [0.4, 0.5) is 10.5 Å². The van der Waals surface area contributed by atoms with Crippen LogP contribution in [0.25, 0.3) is 10.9 Å². The summed E-state index contributed by atoms with van der Waals surface area (Å²) in [6, 6.07) is 20.7. The van der Waals surface area contributed by atoms with Crippen LogP contribution in [0.15, 0.2) is 72.8 Å². The lowest BCUT2D eigenvalue weighted by molar-refractivity contribution is -0.120. The van der Waals surface area contributed by atoms with E-state index in [9.17, 15) is 14.4 Å². The predicted octanol–water partition coefficient (Wildman–Crippen LogP) is 4.57. The van der Waals surface area contributed by atoms with Gasteiger partial charge in [0, 0.05) is 41.7 Å². The molecule has 208 valence electrons. The zero-order chi connectivity index (χ0) is 28.1. The van der Waals surface area contributed by atoms with Crippen molar-refractivity contribution in [3.05, 3.63) is 95.2 Å². The van der Waals surface area contributed by atoms with Crippen LogP contribution < -0.4 is 15.0 Å². The number of H-pyrrole nitrogens is 1. The molecule has 2 saturated heterocycles. The number of methoxy groups -OCH3 is 1. The van der Waals surface area contributed by atoms with Gasteiger partial charge < -0.3 is 19.8 Å². The smallest absolute Gasteiger partial charge is 0.332 e. The van der Waals surface area contributed by atoms with E-state index >= 15 is 0 Å². The fourth-order valence-corrected chi connectivity index (χ4v) is 6.32. The summed E-state index contributed by atoms with van der Waals surface area (Å²) in [5.41, 5.74) is 4.71. The Bertz CT molecular complexity index is 1640. The zero-order valence-corrected chi connectivity index (χ0v) is 22.6. The van der Waals surface area contributed by atoms with Crippen LogP contribution in [0, 0.1) is 0 Å². The minimum atomic E-state index is -0.657. The first kappa shape index (κ1) is 25.3. The number of para-hydroxylation sites is 1. The molecule has 3 atom stereocenters. The van der Waals surface area contributed by atoms with E-state index in [4.69, 9.17) is 9.47 Å². The van der Waals surface area contributed by atoms with Gasteiger partial charge in [0.25, 0.3) is 11.8 Å². The third-order valence-corrected chi connectivity index (χ3v) is 8.38. The van der Waals surface area contributed by atoms with Crippen LogP contribution in [-0.2, 0) is 16.0 Å². The average Bonchev–Trinajstić information content (AvgIpc) is 3.72. The molecule has 0 unspecified atom stereocenters. The molecule has 0 aliphatic carbocycles. The van der Waals surface area contributed by atoms with Gasteiger partial charge in [-0.15, -0.1) is 0 Å². The molecule has 0 bridgehead atoms. The lowest BCUT2D eigenvalue weighted by Gasteiger charge is -2.36. The van der Waals surface area contributed by atoms with E-state index in [-0.39, 0.29) is 23.9 Å². The Morgan fingerprint density at radius 1 is 1.05 bits per heavy atom. The topological polar surface area (TPSA) is 104 Å². The number of amides is 4. The van der Waals surface area contributed by atoms with Crippen LogP contribution in [0.3, 0.4) is 0 Å². The highest BCUT2D eigenvalue weighted by Crippen LogP contribution is 2.45. The minimum absolute atomic E-state index is 0.0470. The van der Waals surface area contributed by atoms with Crippen LogP contribution in [-0.4, -0.2) is 60.1 Å². The van der Waals surface area contributed by atoms with Crippen molar-refractivity contribution in [2.24, 2.45) is 0 Å². The number of hydrogen-bond donors (Lipinski definition) is 2. The second-order valence-electron chi connectivity index (χ2n) is 10.7. The largest absolute Gasteiger partial charge is 0.497 e. The van der Waals surface area contributed by atoms with Gasteiger partial charge >= 0.3 is 6.03 Å². The first-order valence-corrected chi connectivity index (χ1v) is 13.9. The highest BCUT2D eigenvalue weighted by molar-refractivity contribution is 6.22. The van der Waals surface area contributed by atoms with Crippen molar-refractivity contribution in [2.75, 3.05) is 25.2 Å². The maximum absolute atomic E-state index is 14.0. The second kappa shape index (κ2) is 10.1. The number of imide groups is 1. The monoisotopic (exact) mass is 550 g/mol. The standard InChI is InChI=1S/C32H30N4O5/c1-40-22-14-10-19(11-15-22)29-28-25(24-6-2-3-7-26(24)34-28)17-27-31(38)35(32(39)36(27)29)21-12-8-20(9-13-21)30(37)33-18-23-5-4-16-41-23/h2-3,6-15,23,27,29,34H,4-5,16-18H2,1H3,(H,33,37)/t23-,27+,29+/m1/s1. The molecular weight excluding hydrogens is 520 g/mol. The molecule has 3 aliphatic rings. The Hall–Kier alpha value is -4.63.